The second-order valence-electron chi connectivity index (χ2n) is 4.31. The summed E-state index contributed by atoms with van der Waals surface area (Å²) in [7, 11) is 0. The van der Waals surface area contributed by atoms with Crippen molar-refractivity contribution in [2.75, 3.05) is 19.8 Å². The number of rotatable bonds is 8. The minimum absolute atomic E-state index is 0.00803. The lowest BCUT2D eigenvalue weighted by atomic mass is 10.1. The summed E-state index contributed by atoms with van der Waals surface area (Å²) in [6.07, 6.45) is 1.99. The Hall–Kier alpha value is -0.450. The van der Waals surface area contributed by atoms with Crippen molar-refractivity contribution in [3.8, 4) is 0 Å². The Morgan fingerprint density at radius 2 is 2.17 bits per heavy atom. The van der Waals surface area contributed by atoms with Crippen molar-refractivity contribution in [2.24, 2.45) is 0 Å². The predicted octanol–water partition coefficient (Wildman–Crippen LogP) is 4.06. The van der Waals surface area contributed by atoms with Gasteiger partial charge in [-0.3, -0.25) is 0 Å². The number of benzene rings is 1. The fraction of sp³-hybridized carbons (Fsp3) is 0.571. The summed E-state index contributed by atoms with van der Waals surface area (Å²) < 4.78 is 19.9. The molecule has 0 aliphatic carbocycles. The Kier molecular flexibility index (Phi) is 7.47. The van der Waals surface area contributed by atoms with Crippen LogP contribution in [0.4, 0.5) is 4.39 Å². The van der Waals surface area contributed by atoms with E-state index in [2.05, 4.69) is 28.2 Å². The Labute approximate surface area is 117 Å². The third-order valence-electron chi connectivity index (χ3n) is 2.69. The highest BCUT2D eigenvalue weighted by molar-refractivity contribution is 9.10. The topological polar surface area (TPSA) is 21.3 Å². The molecule has 1 unspecified atom stereocenters. The molecule has 1 rings (SSSR count). The molecule has 0 saturated carbocycles. The quantitative estimate of drug-likeness (QED) is 0.730. The smallest absolute Gasteiger partial charge is 0.128 e. The molecule has 0 aliphatic rings. The Morgan fingerprint density at radius 3 is 2.89 bits per heavy atom. The van der Waals surface area contributed by atoms with Crippen LogP contribution < -0.4 is 5.32 Å². The average molecular weight is 318 g/mol. The highest BCUT2D eigenvalue weighted by atomic mass is 79.9. The molecular weight excluding hydrogens is 297 g/mol. The first kappa shape index (κ1) is 15.6. The van der Waals surface area contributed by atoms with Crippen molar-refractivity contribution in [3.05, 3.63) is 34.1 Å². The van der Waals surface area contributed by atoms with E-state index in [4.69, 9.17) is 4.74 Å². The van der Waals surface area contributed by atoms with Gasteiger partial charge in [0, 0.05) is 29.3 Å². The fourth-order valence-electron chi connectivity index (χ4n) is 1.70. The highest BCUT2D eigenvalue weighted by Gasteiger charge is 2.10. The molecule has 0 bridgehead atoms. The maximum atomic E-state index is 13.6. The van der Waals surface area contributed by atoms with Crippen LogP contribution in [0.3, 0.4) is 0 Å². The van der Waals surface area contributed by atoms with Gasteiger partial charge in [-0.25, -0.2) is 4.39 Å². The number of hydrogen-bond acceptors (Lipinski definition) is 2. The molecule has 0 fully saturated rings. The summed E-state index contributed by atoms with van der Waals surface area (Å²) in [4.78, 5) is 0. The number of halogens is 2. The summed E-state index contributed by atoms with van der Waals surface area (Å²) in [5.74, 6) is -0.166. The molecule has 1 aromatic rings. The SMILES string of the molecule is CCCOCCCNC(C)c1cc(Br)ccc1F. The van der Waals surface area contributed by atoms with E-state index in [1.165, 1.54) is 6.07 Å². The molecule has 1 N–H and O–H groups in total. The van der Waals surface area contributed by atoms with Crippen LogP contribution in [-0.2, 0) is 4.74 Å². The molecule has 0 saturated heterocycles. The van der Waals surface area contributed by atoms with Crippen LogP contribution in [0, 0.1) is 5.82 Å². The molecule has 102 valence electrons. The largest absolute Gasteiger partial charge is 0.381 e. The van der Waals surface area contributed by atoms with Crippen molar-refractivity contribution in [1.82, 2.24) is 5.32 Å². The van der Waals surface area contributed by atoms with Crippen molar-refractivity contribution in [1.29, 1.82) is 0 Å². The van der Waals surface area contributed by atoms with E-state index < -0.39 is 0 Å². The summed E-state index contributed by atoms with van der Waals surface area (Å²) in [6, 6.07) is 5.03. The number of hydrogen-bond donors (Lipinski definition) is 1. The first-order chi connectivity index (χ1) is 8.65. The molecule has 0 aliphatic heterocycles. The molecule has 0 radical (unpaired) electrons. The van der Waals surface area contributed by atoms with Gasteiger partial charge in [-0.1, -0.05) is 22.9 Å². The first-order valence-electron chi connectivity index (χ1n) is 6.41. The molecule has 0 heterocycles. The zero-order valence-corrected chi connectivity index (χ0v) is 12.6. The first-order valence-corrected chi connectivity index (χ1v) is 7.20. The molecular formula is C14H21BrFNO. The highest BCUT2D eigenvalue weighted by Crippen LogP contribution is 2.21. The van der Waals surface area contributed by atoms with Crippen LogP contribution in [-0.4, -0.2) is 19.8 Å². The van der Waals surface area contributed by atoms with E-state index in [9.17, 15) is 4.39 Å². The van der Waals surface area contributed by atoms with E-state index in [1.54, 1.807) is 6.07 Å². The lowest BCUT2D eigenvalue weighted by Gasteiger charge is -2.15. The fourth-order valence-corrected chi connectivity index (χ4v) is 2.07. The lowest BCUT2D eigenvalue weighted by molar-refractivity contribution is 0.131. The number of ether oxygens (including phenoxy) is 1. The van der Waals surface area contributed by atoms with Crippen molar-refractivity contribution in [2.45, 2.75) is 32.7 Å². The number of nitrogens with one attached hydrogen (secondary N) is 1. The van der Waals surface area contributed by atoms with Crippen LogP contribution in [0.25, 0.3) is 0 Å². The van der Waals surface area contributed by atoms with Crippen molar-refractivity contribution >= 4 is 15.9 Å². The minimum Gasteiger partial charge on any atom is -0.381 e. The predicted molar refractivity (Wildman–Crippen MR) is 76.2 cm³/mol. The van der Waals surface area contributed by atoms with Crippen LogP contribution in [0.15, 0.2) is 22.7 Å². The molecule has 0 aromatic heterocycles. The van der Waals surface area contributed by atoms with Gasteiger partial charge in [0.05, 0.1) is 0 Å². The van der Waals surface area contributed by atoms with Crippen LogP contribution in [0.2, 0.25) is 0 Å². The maximum absolute atomic E-state index is 13.6. The molecule has 4 heteroatoms. The van der Waals surface area contributed by atoms with E-state index in [0.29, 0.717) is 5.56 Å². The Balaban J connectivity index is 2.31. The van der Waals surface area contributed by atoms with Crippen LogP contribution in [0.1, 0.15) is 38.3 Å². The summed E-state index contributed by atoms with van der Waals surface area (Å²) in [6.45, 7) is 6.47. The summed E-state index contributed by atoms with van der Waals surface area (Å²) in [5.41, 5.74) is 0.693. The van der Waals surface area contributed by atoms with Crippen LogP contribution in [0.5, 0.6) is 0 Å². The van der Waals surface area contributed by atoms with Gasteiger partial charge in [0.1, 0.15) is 5.82 Å². The Morgan fingerprint density at radius 1 is 1.39 bits per heavy atom. The summed E-state index contributed by atoms with van der Waals surface area (Å²) in [5, 5.41) is 3.30. The van der Waals surface area contributed by atoms with Gasteiger partial charge >= 0.3 is 0 Å². The van der Waals surface area contributed by atoms with Gasteiger partial charge in [0.2, 0.25) is 0 Å². The maximum Gasteiger partial charge on any atom is 0.128 e. The molecule has 2 nitrogen and oxygen atoms in total. The second kappa shape index (κ2) is 8.62. The lowest BCUT2D eigenvalue weighted by Crippen LogP contribution is -2.22. The van der Waals surface area contributed by atoms with Gasteiger partial charge in [-0.15, -0.1) is 0 Å². The Bertz CT molecular complexity index is 360. The van der Waals surface area contributed by atoms with Gasteiger partial charge in [0.25, 0.3) is 0 Å². The van der Waals surface area contributed by atoms with Gasteiger partial charge in [0.15, 0.2) is 0 Å². The molecule has 1 atom stereocenters. The third-order valence-corrected chi connectivity index (χ3v) is 3.18. The molecule has 0 spiro atoms. The van der Waals surface area contributed by atoms with E-state index in [-0.39, 0.29) is 11.9 Å². The molecule has 18 heavy (non-hydrogen) atoms. The summed E-state index contributed by atoms with van der Waals surface area (Å²) >= 11 is 3.36. The third kappa shape index (κ3) is 5.46. The zero-order chi connectivity index (χ0) is 13.4. The van der Waals surface area contributed by atoms with E-state index in [1.807, 2.05) is 13.0 Å². The minimum atomic E-state index is -0.166. The van der Waals surface area contributed by atoms with Crippen molar-refractivity contribution < 1.29 is 9.13 Å². The van der Waals surface area contributed by atoms with Crippen molar-refractivity contribution in [3.63, 3.8) is 0 Å². The molecule has 0 amide bonds. The average Bonchev–Trinajstić information content (AvgIpc) is 2.36. The monoisotopic (exact) mass is 317 g/mol. The van der Waals surface area contributed by atoms with E-state index >= 15 is 0 Å². The normalized spacial score (nSPS) is 12.7. The van der Waals surface area contributed by atoms with Crippen LogP contribution >= 0.6 is 15.9 Å². The van der Waals surface area contributed by atoms with Gasteiger partial charge in [-0.05, 0) is 44.5 Å². The molecule has 1 aromatic carbocycles. The van der Waals surface area contributed by atoms with E-state index in [0.717, 1.165) is 37.1 Å². The zero-order valence-electron chi connectivity index (χ0n) is 11.0. The van der Waals surface area contributed by atoms with Gasteiger partial charge in [-0.2, -0.15) is 0 Å². The standard InChI is InChI=1S/C14H21BrFNO/c1-3-8-18-9-4-7-17-11(2)13-10-12(15)5-6-14(13)16/h5-6,10-11,17H,3-4,7-9H2,1-2H3. The second-order valence-corrected chi connectivity index (χ2v) is 5.22. The van der Waals surface area contributed by atoms with Gasteiger partial charge < -0.3 is 10.1 Å².